The molecule has 1 aliphatic rings. The van der Waals surface area contributed by atoms with E-state index < -0.39 is 0 Å². The molecular weight excluding hydrogens is 254 g/mol. The van der Waals surface area contributed by atoms with Gasteiger partial charge in [-0.25, -0.2) is 9.97 Å². The number of aromatic nitrogens is 2. The molecule has 1 aliphatic heterocycles. The molecule has 1 atom stereocenters. The fraction of sp³-hybridized carbons (Fsp3) is 0.286. The normalized spacial score (nSPS) is 18.4. The molecule has 1 unspecified atom stereocenters. The molecule has 2 aromatic rings. The van der Waals surface area contributed by atoms with Crippen molar-refractivity contribution in [2.45, 2.75) is 12.5 Å². The van der Waals surface area contributed by atoms with Crippen molar-refractivity contribution in [2.75, 3.05) is 29.5 Å². The van der Waals surface area contributed by atoms with Gasteiger partial charge in [0.25, 0.3) is 0 Å². The smallest absolute Gasteiger partial charge is 0.161 e. The Labute approximate surface area is 117 Å². The highest BCUT2D eigenvalue weighted by Crippen LogP contribution is 2.34. The maximum atomic E-state index is 9.65. The van der Waals surface area contributed by atoms with Gasteiger partial charge < -0.3 is 21.5 Å². The summed E-state index contributed by atoms with van der Waals surface area (Å²) in [6, 6.07) is 5.52. The number of rotatable bonds is 2. The molecule has 2 heterocycles. The maximum Gasteiger partial charge on any atom is 0.161 e. The summed E-state index contributed by atoms with van der Waals surface area (Å²) in [6.07, 6.45) is 3.82. The van der Waals surface area contributed by atoms with E-state index in [1.165, 1.54) is 0 Å². The van der Waals surface area contributed by atoms with E-state index in [1.807, 2.05) is 12.1 Å². The maximum absolute atomic E-state index is 9.65. The van der Waals surface area contributed by atoms with E-state index in [2.05, 4.69) is 14.9 Å². The van der Waals surface area contributed by atoms with Gasteiger partial charge >= 0.3 is 0 Å². The third-order valence-electron chi connectivity index (χ3n) is 3.53. The van der Waals surface area contributed by atoms with Gasteiger partial charge in [-0.2, -0.15) is 0 Å². The molecule has 1 fully saturated rings. The van der Waals surface area contributed by atoms with Crippen LogP contribution in [0.5, 0.6) is 0 Å². The van der Waals surface area contributed by atoms with E-state index in [0.29, 0.717) is 23.7 Å². The van der Waals surface area contributed by atoms with Gasteiger partial charge in [0, 0.05) is 36.7 Å². The summed E-state index contributed by atoms with van der Waals surface area (Å²) in [5, 5.41) is 9.65. The first-order chi connectivity index (χ1) is 9.65. The van der Waals surface area contributed by atoms with Crippen molar-refractivity contribution in [3.8, 4) is 11.4 Å². The molecule has 3 rings (SSSR count). The average molecular weight is 271 g/mol. The number of aliphatic hydroxyl groups is 1. The Bertz CT molecular complexity index is 616. The van der Waals surface area contributed by atoms with Crippen molar-refractivity contribution in [2.24, 2.45) is 0 Å². The van der Waals surface area contributed by atoms with Gasteiger partial charge in [-0.3, -0.25) is 0 Å². The molecule has 104 valence electrons. The number of benzene rings is 1. The van der Waals surface area contributed by atoms with Crippen molar-refractivity contribution in [1.29, 1.82) is 0 Å². The quantitative estimate of drug-likeness (QED) is 0.701. The number of hydrogen-bond acceptors (Lipinski definition) is 6. The molecule has 1 saturated heterocycles. The van der Waals surface area contributed by atoms with Crippen molar-refractivity contribution >= 4 is 17.1 Å². The van der Waals surface area contributed by atoms with Crippen molar-refractivity contribution in [1.82, 2.24) is 9.97 Å². The number of aliphatic hydroxyl groups excluding tert-OH is 1. The highest BCUT2D eigenvalue weighted by atomic mass is 16.3. The predicted octanol–water partition coefficient (Wildman–Crippen LogP) is 0.879. The largest absolute Gasteiger partial charge is 0.397 e. The van der Waals surface area contributed by atoms with Crippen molar-refractivity contribution < 1.29 is 5.11 Å². The van der Waals surface area contributed by atoms with Crippen LogP contribution in [0.15, 0.2) is 30.6 Å². The van der Waals surface area contributed by atoms with Crippen LogP contribution in [0.1, 0.15) is 6.42 Å². The summed E-state index contributed by atoms with van der Waals surface area (Å²) in [4.78, 5) is 10.5. The molecule has 0 bridgehead atoms. The Kier molecular flexibility index (Phi) is 3.15. The van der Waals surface area contributed by atoms with E-state index in [4.69, 9.17) is 11.5 Å². The molecule has 1 aromatic carbocycles. The van der Waals surface area contributed by atoms with Crippen LogP contribution in [0.25, 0.3) is 11.4 Å². The van der Waals surface area contributed by atoms with E-state index in [-0.39, 0.29) is 6.10 Å². The van der Waals surface area contributed by atoms with Gasteiger partial charge in [0.15, 0.2) is 5.82 Å². The molecule has 6 heteroatoms. The lowest BCUT2D eigenvalue weighted by molar-refractivity contribution is 0.198. The van der Waals surface area contributed by atoms with E-state index >= 15 is 0 Å². The minimum Gasteiger partial charge on any atom is -0.397 e. The van der Waals surface area contributed by atoms with Crippen LogP contribution >= 0.6 is 0 Å². The predicted molar refractivity (Wildman–Crippen MR) is 79.1 cm³/mol. The van der Waals surface area contributed by atoms with Gasteiger partial charge in [0.1, 0.15) is 0 Å². The van der Waals surface area contributed by atoms with Crippen LogP contribution in [-0.4, -0.2) is 34.3 Å². The highest BCUT2D eigenvalue weighted by molar-refractivity contribution is 5.85. The molecule has 0 aliphatic carbocycles. The number of anilines is 3. The zero-order chi connectivity index (χ0) is 14.1. The monoisotopic (exact) mass is 271 g/mol. The van der Waals surface area contributed by atoms with Gasteiger partial charge in [-0.15, -0.1) is 0 Å². The molecule has 5 N–H and O–H groups in total. The summed E-state index contributed by atoms with van der Waals surface area (Å²) in [7, 11) is 0. The van der Waals surface area contributed by atoms with E-state index in [0.717, 1.165) is 24.2 Å². The zero-order valence-electron chi connectivity index (χ0n) is 11.0. The first kappa shape index (κ1) is 12.7. The Morgan fingerprint density at radius 1 is 1.20 bits per heavy atom. The Balaban J connectivity index is 2.04. The molecule has 0 radical (unpaired) electrons. The number of nitrogens with two attached hydrogens (primary N) is 2. The molecular formula is C14H17N5O. The second-order valence-corrected chi connectivity index (χ2v) is 4.96. The second-order valence-electron chi connectivity index (χ2n) is 4.96. The lowest BCUT2D eigenvalue weighted by Gasteiger charge is -2.20. The highest BCUT2D eigenvalue weighted by Gasteiger charge is 2.22. The fourth-order valence-corrected chi connectivity index (χ4v) is 2.44. The molecule has 0 spiro atoms. The van der Waals surface area contributed by atoms with Gasteiger partial charge in [-0.1, -0.05) is 0 Å². The Morgan fingerprint density at radius 2 is 1.95 bits per heavy atom. The zero-order valence-corrected chi connectivity index (χ0v) is 11.0. The van der Waals surface area contributed by atoms with Crippen molar-refractivity contribution in [3.05, 3.63) is 30.6 Å². The van der Waals surface area contributed by atoms with Crippen molar-refractivity contribution in [3.63, 3.8) is 0 Å². The van der Waals surface area contributed by atoms with Gasteiger partial charge in [0.2, 0.25) is 0 Å². The van der Waals surface area contributed by atoms with Crippen LogP contribution in [0.4, 0.5) is 17.1 Å². The number of β-amino-alcohol motifs (C(OH)–C–C–N with tert-alkyl or cyclic N) is 1. The SMILES string of the molecule is Nc1cc(N2CCC(O)C2)cc(-c2ncccn2)c1N. The second kappa shape index (κ2) is 4.97. The van der Waals surface area contributed by atoms with Crippen LogP contribution in [0.2, 0.25) is 0 Å². The summed E-state index contributed by atoms with van der Waals surface area (Å²) in [5.41, 5.74) is 14.7. The Morgan fingerprint density at radius 3 is 2.60 bits per heavy atom. The Hall–Kier alpha value is -2.34. The first-order valence-corrected chi connectivity index (χ1v) is 6.54. The molecule has 6 nitrogen and oxygen atoms in total. The van der Waals surface area contributed by atoms with Crippen LogP contribution in [0, 0.1) is 0 Å². The molecule has 0 saturated carbocycles. The topological polar surface area (TPSA) is 101 Å². The van der Waals surface area contributed by atoms with E-state index in [9.17, 15) is 5.11 Å². The number of hydrogen-bond donors (Lipinski definition) is 3. The van der Waals surface area contributed by atoms with Crippen LogP contribution in [-0.2, 0) is 0 Å². The molecule has 0 amide bonds. The standard InChI is InChI=1S/C14H17N5O/c15-12-7-9(19-5-2-10(20)8-19)6-11(13(12)16)14-17-3-1-4-18-14/h1,3-4,6-7,10,20H,2,5,8,15-16H2. The van der Waals surface area contributed by atoms with Gasteiger partial charge in [0.05, 0.1) is 17.5 Å². The molecule has 20 heavy (non-hydrogen) atoms. The van der Waals surface area contributed by atoms with Crippen LogP contribution in [0.3, 0.4) is 0 Å². The minimum atomic E-state index is -0.287. The van der Waals surface area contributed by atoms with Crippen LogP contribution < -0.4 is 16.4 Å². The average Bonchev–Trinajstić information content (AvgIpc) is 2.89. The van der Waals surface area contributed by atoms with E-state index in [1.54, 1.807) is 18.5 Å². The molecule has 1 aromatic heterocycles. The minimum absolute atomic E-state index is 0.287. The fourth-order valence-electron chi connectivity index (χ4n) is 2.44. The third-order valence-corrected chi connectivity index (χ3v) is 3.53. The summed E-state index contributed by atoms with van der Waals surface area (Å²) in [5.74, 6) is 0.554. The lowest BCUT2D eigenvalue weighted by Crippen LogP contribution is -2.21. The first-order valence-electron chi connectivity index (χ1n) is 6.54. The summed E-state index contributed by atoms with van der Waals surface area (Å²) >= 11 is 0. The summed E-state index contributed by atoms with van der Waals surface area (Å²) in [6.45, 7) is 1.41. The third kappa shape index (κ3) is 2.25. The summed E-state index contributed by atoms with van der Waals surface area (Å²) < 4.78 is 0. The lowest BCUT2D eigenvalue weighted by atomic mass is 10.1. The number of nitrogen functional groups attached to an aromatic ring is 2. The van der Waals surface area contributed by atoms with Gasteiger partial charge in [-0.05, 0) is 24.6 Å². The number of nitrogens with zero attached hydrogens (tertiary/aromatic N) is 3.